The lowest BCUT2D eigenvalue weighted by Gasteiger charge is -2.40. The molecule has 2 heterocycles. The van der Waals surface area contributed by atoms with Crippen LogP contribution in [0.5, 0.6) is 5.75 Å². The number of likely N-dealkylation sites (tertiary alicyclic amines) is 1. The summed E-state index contributed by atoms with van der Waals surface area (Å²) in [5.74, 6) is -0.218. The smallest absolute Gasteiger partial charge is 0.351 e. The number of hydrogen-bond donors (Lipinski definition) is 1. The van der Waals surface area contributed by atoms with Gasteiger partial charge in [0.25, 0.3) is 0 Å². The molecule has 0 saturated carbocycles. The van der Waals surface area contributed by atoms with Gasteiger partial charge in [-0.1, -0.05) is 30.3 Å². The molecule has 3 rings (SSSR count). The number of methoxy groups -OCH3 is 1. The molecule has 1 N–H and O–H groups in total. The number of piperidine rings is 1. The molecule has 0 aliphatic carbocycles. The van der Waals surface area contributed by atoms with Crippen LogP contribution >= 0.6 is 11.3 Å². The van der Waals surface area contributed by atoms with Gasteiger partial charge in [-0.3, -0.25) is 4.79 Å². The van der Waals surface area contributed by atoms with Gasteiger partial charge >= 0.3 is 11.9 Å². The third-order valence-corrected chi connectivity index (χ3v) is 6.48. The van der Waals surface area contributed by atoms with E-state index in [-0.39, 0.29) is 12.6 Å². The Morgan fingerprint density at radius 2 is 1.90 bits per heavy atom. The highest BCUT2D eigenvalue weighted by Gasteiger charge is 2.44. The minimum atomic E-state index is -0.725. The first kappa shape index (κ1) is 23.2. The highest BCUT2D eigenvalue weighted by Crippen LogP contribution is 2.37. The molecule has 31 heavy (non-hydrogen) atoms. The third kappa shape index (κ3) is 5.44. The van der Waals surface area contributed by atoms with Gasteiger partial charge in [-0.25, -0.2) is 4.79 Å². The first-order valence-electron chi connectivity index (χ1n) is 10.4. The van der Waals surface area contributed by atoms with E-state index in [1.807, 2.05) is 37.3 Å². The lowest BCUT2D eigenvalue weighted by Crippen LogP contribution is -2.50. The summed E-state index contributed by atoms with van der Waals surface area (Å²) in [5, 5.41) is 12.2. The van der Waals surface area contributed by atoms with Crippen LogP contribution < -0.4 is 4.74 Å². The van der Waals surface area contributed by atoms with E-state index in [2.05, 4.69) is 4.90 Å². The van der Waals surface area contributed by atoms with Gasteiger partial charge in [-0.2, -0.15) is 0 Å². The van der Waals surface area contributed by atoms with Crippen LogP contribution in [0.2, 0.25) is 0 Å². The van der Waals surface area contributed by atoms with Gasteiger partial charge in [-0.15, -0.1) is 11.3 Å². The van der Waals surface area contributed by atoms with Crippen LogP contribution in [0.3, 0.4) is 0 Å². The molecule has 2 aromatic rings. The van der Waals surface area contributed by atoms with E-state index < -0.39 is 17.5 Å². The van der Waals surface area contributed by atoms with Gasteiger partial charge in [0.1, 0.15) is 18.5 Å². The first-order valence-corrected chi connectivity index (χ1v) is 11.3. The molecule has 1 unspecified atom stereocenters. The lowest BCUT2D eigenvalue weighted by molar-refractivity contribution is -0.152. The highest BCUT2D eigenvalue weighted by atomic mass is 32.1. The topological polar surface area (TPSA) is 85.3 Å². The Bertz CT molecular complexity index is 860. The number of carbonyl (C=O) groups is 2. The summed E-state index contributed by atoms with van der Waals surface area (Å²) in [7, 11) is 1.32. The van der Waals surface area contributed by atoms with E-state index in [1.54, 1.807) is 11.4 Å². The molecular weight excluding hydrogens is 418 g/mol. The van der Waals surface area contributed by atoms with Crippen LogP contribution in [0.15, 0.2) is 41.8 Å². The number of nitrogens with zero attached hydrogens (tertiary/aromatic N) is 1. The summed E-state index contributed by atoms with van der Waals surface area (Å²) in [6.07, 6.45) is 0.526. The van der Waals surface area contributed by atoms with Crippen LogP contribution in [0.25, 0.3) is 0 Å². The number of carbonyl (C=O) groups excluding carboxylic acids is 2. The van der Waals surface area contributed by atoms with Crippen LogP contribution in [-0.2, 0) is 19.7 Å². The number of esters is 2. The molecule has 0 bridgehead atoms. The molecule has 8 heteroatoms. The monoisotopic (exact) mass is 447 g/mol. The second kappa shape index (κ2) is 10.7. The van der Waals surface area contributed by atoms with E-state index in [4.69, 9.17) is 14.2 Å². The quantitative estimate of drug-likeness (QED) is 0.592. The van der Waals surface area contributed by atoms with Crippen molar-refractivity contribution < 1.29 is 28.9 Å². The highest BCUT2D eigenvalue weighted by molar-refractivity contribution is 7.12. The van der Waals surface area contributed by atoms with Gasteiger partial charge < -0.3 is 24.2 Å². The Balaban J connectivity index is 1.56. The molecule has 1 fully saturated rings. The van der Waals surface area contributed by atoms with E-state index in [0.29, 0.717) is 49.7 Å². The third-order valence-electron chi connectivity index (χ3n) is 5.60. The molecular formula is C23H29NO6S. The van der Waals surface area contributed by atoms with E-state index in [1.165, 1.54) is 18.4 Å². The lowest BCUT2D eigenvalue weighted by atomic mass is 9.72. The molecule has 1 aliphatic heterocycles. The molecule has 0 amide bonds. The van der Waals surface area contributed by atoms with E-state index in [0.717, 1.165) is 5.56 Å². The van der Waals surface area contributed by atoms with E-state index >= 15 is 0 Å². The summed E-state index contributed by atoms with van der Waals surface area (Å²) in [4.78, 5) is 27.1. The Morgan fingerprint density at radius 1 is 1.19 bits per heavy atom. The zero-order valence-electron chi connectivity index (χ0n) is 17.9. The largest absolute Gasteiger partial charge is 0.489 e. The molecule has 1 aliphatic rings. The standard InChI is InChI=1S/C23H29NO6S/c1-3-29-22(27)23(17-7-5-4-6-8-17)10-12-24(13-11-23)15-18(25)16-30-19-9-14-31-20(19)21(26)28-2/h4-9,14,18,25H,3,10-13,15-16H2,1-2H3. The molecule has 1 aromatic carbocycles. The van der Waals surface area contributed by atoms with Gasteiger partial charge in [0.15, 0.2) is 4.88 Å². The fraction of sp³-hybridized carbons (Fsp3) is 0.478. The van der Waals surface area contributed by atoms with Crippen LogP contribution in [0.4, 0.5) is 0 Å². The Kier molecular flexibility index (Phi) is 8.06. The molecule has 0 radical (unpaired) electrons. The first-order chi connectivity index (χ1) is 15.0. The molecule has 1 saturated heterocycles. The average molecular weight is 448 g/mol. The molecule has 1 aromatic heterocycles. The van der Waals surface area contributed by atoms with E-state index in [9.17, 15) is 14.7 Å². The Hall–Kier alpha value is -2.42. The number of ether oxygens (including phenoxy) is 3. The number of benzene rings is 1. The number of β-amino-alcohol motifs (C(OH)–C–C–N with tert-alkyl or cyclic N) is 1. The minimum absolute atomic E-state index is 0.0684. The second-order valence-corrected chi connectivity index (χ2v) is 8.46. The second-order valence-electron chi connectivity index (χ2n) is 7.54. The number of thiophene rings is 1. The van der Waals surface area contributed by atoms with Gasteiger partial charge in [0, 0.05) is 6.54 Å². The summed E-state index contributed by atoms with van der Waals surface area (Å²) >= 11 is 1.24. The maximum Gasteiger partial charge on any atom is 0.351 e. The van der Waals surface area contributed by atoms with Crippen molar-refractivity contribution in [2.24, 2.45) is 0 Å². The van der Waals surface area contributed by atoms with Gasteiger partial charge in [0.05, 0.1) is 19.1 Å². The van der Waals surface area contributed by atoms with Crippen LogP contribution in [0.1, 0.15) is 35.0 Å². The van der Waals surface area contributed by atoms with Crippen molar-refractivity contribution in [3.05, 3.63) is 52.2 Å². The minimum Gasteiger partial charge on any atom is -0.489 e. The normalized spacial score (nSPS) is 17.0. The average Bonchev–Trinajstić information content (AvgIpc) is 3.27. The van der Waals surface area contributed by atoms with Crippen molar-refractivity contribution in [3.63, 3.8) is 0 Å². The number of aliphatic hydroxyl groups is 1. The van der Waals surface area contributed by atoms with Crippen molar-refractivity contribution in [3.8, 4) is 5.75 Å². The van der Waals surface area contributed by atoms with Crippen LogP contribution in [-0.4, -0.2) is 68.0 Å². The predicted octanol–water partition coefficient (Wildman–Crippen LogP) is 2.87. The van der Waals surface area contributed by atoms with Gasteiger partial charge in [-0.05, 0) is 49.9 Å². The summed E-state index contributed by atoms with van der Waals surface area (Å²) in [6, 6.07) is 11.5. The predicted molar refractivity (Wildman–Crippen MR) is 118 cm³/mol. The summed E-state index contributed by atoms with van der Waals surface area (Å²) in [6.45, 7) is 3.99. The maximum atomic E-state index is 12.8. The maximum absolute atomic E-state index is 12.8. The van der Waals surface area contributed by atoms with Crippen LogP contribution in [0, 0.1) is 0 Å². The van der Waals surface area contributed by atoms with Gasteiger partial charge in [0.2, 0.25) is 0 Å². The van der Waals surface area contributed by atoms with Crippen molar-refractivity contribution in [2.45, 2.75) is 31.3 Å². The van der Waals surface area contributed by atoms with Crippen molar-refractivity contribution in [1.29, 1.82) is 0 Å². The number of rotatable bonds is 9. The van der Waals surface area contributed by atoms with Crippen molar-refractivity contribution in [1.82, 2.24) is 4.90 Å². The summed E-state index contributed by atoms with van der Waals surface area (Å²) < 4.78 is 15.8. The Labute approximate surface area is 186 Å². The number of hydrogen-bond acceptors (Lipinski definition) is 8. The molecule has 0 spiro atoms. The SMILES string of the molecule is CCOC(=O)C1(c2ccccc2)CCN(CC(O)COc2ccsc2C(=O)OC)CC1. The fourth-order valence-corrected chi connectivity index (χ4v) is 4.69. The van der Waals surface area contributed by atoms with Crippen molar-refractivity contribution >= 4 is 23.3 Å². The molecule has 168 valence electrons. The summed E-state index contributed by atoms with van der Waals surface area (Å²) in [5.41, 5.74) is 0.325. The molecule has 7 nitrogen and oxygen atoms in total. The zero-order chi connectivity index (χ0) is 22.3. The molecule has 1 atom stereocenters. The number of aliphatic hydroxyl groups excluding tert-OH is 1. The fourth-order valence-electron chi connectivity index (χ4n) is 3.94. The zero-order valence-corrected chi connectivity index (χ0v) is 18.7. The Morgan fingerprint density at radius 3 is 2.55 bits per heavy atom. The van der Waals surface area contributed by atoms with Crippen molar-refractivity contribution in [2.75, 3.05) is 40.0 Å².